The molecule has 0 unspecified atom stereocenters. The summed E-state index contributed by atoms with van der Waals surface area (Å²) in [6, 6.07) is 9.15. The van der Waals surface area contributed by atoms with Crippen LogP contribution in [0, 0.1) is 18.3 Å². The average molecular weight is 471 g/mol. The van der Waals surface area contributed by atoms with Gasteiger partial charge in [-0.15, -0.1) is 0 Å². The van der Waals surface area contributed by atoms with Gasteiger partial charge in [0.2, 0.25) is 0 Å². The molecule has 166 valence electrons. The van der Waals surface area contributed by atoms with Gasteiger partial charge < -0.3 is 15.0 Å². The first-order valence-corrected chi connectivity index (χ1v) is 11.4. The van der Waals surface area contributed by atoms with E-state index in [0.29, 0.717) is 46.0 Å². The Kier molecular flexibility index (Phi) is 6.43. The van der Waals surface area contributed by atoms with E-state index in [1.165, 1.54) is 0 Å². The molecule has 0 spiro atoms. The third-order valence-corrected chi connectivity index (χ3v) is 6.98. The quantitative estimate of drug-likeness (QED) is 0.578. The number of benzene rings is 2. The van der Waals surface area contributed by atoms with Crippen LogP contribution in [0.5, 0.6) is 0 Å². The number of aliphatic hydroxyl groups excluding tert-OH is 1. The number of nitrogens with zero attached hydrogens (tertiary/aromatic N) is 3. The highest BCUT2D eigenvalue weighted by atomic mass is 35.5. The third kappa shape index (κ3) is 4.33. The van der Waals surface area contributed by atoms with Gasteiger partial charge in [-0.05, 0) is 68.0 Å². The lowest BCUT2D eigenvalue weighted by Gasteiger charge is -2.26. The highest BCUT2D eigenvalue weighted by molar-refractivity contribution is 6.38. The molecule has 1 aliphatic rings. The van der Waals surface area contributed by atoms with Gasteiger partial charge in [-0.1, -0.05) is 23.2 Å². The molecule has 2 N–H and O–H groups in total. The minimum Gasteiger partial charge on any atom is -0.393 e. The number of aromatic nitrogens is 2. The average Bonchev–Trinajstić information content (AvgIpc) is 3.08. The van der Waals surface area contributed by atoms with Crippen LogP contribution in [-0.2, 0) is 13.5 Å². The molecule has 1 amide bonds. The van der Waals surface area contributed by atoms with E-state index in [0.717, 1.165) is 35.3 Å². The monoisotopic (exact) mass is 470 g/mol. The number of aliphatic hydroxyl groups is 1. The van der Waals surface area contributed by atoms with E-state index < -0.39 is 0 Å². The van der Waals surface area contributed by atoms with E-state index in [2.05, 4.69) is 11.4 Å². The number of rotatable bonds is 4. The van der Waals surface area contributed by atoms with Crippen LogP contribution in [0.2, 0.25) is 10.0 Å². The second-order valence-corrected chi connectivity index (χ2v) is 9.19. The number of imidazole rings is 1. The third-order valence-electron chi connectivity index (χ3n) is 6.20. The number of carbonyl (C=O) groups is 1. The number of fused-ring (bicyclic) bond motifs is 1. The summed E-state index contributed by atoms with van der Waals surface area (Å²) in [5.41, 5.74) is 4.19. The standard InChI is InChI=1S/C24H24Cl2N4O2/c1-13-9-14(12-27)10-20-23(13)29-21(30(20)2)11-18-19(25)8-7-17(22(18)26)24(32)28-15-3-5-16(31)6-4-15/h7-10,15-16,31H,3-6,11H2,1-2H3,(H,28,32)/t15-,16-. The number of amides is 1. The van der Waals surface area contributed by atoms with Crippen LogP contribution in [0.15, 0.2) is 24.3 Å². The van der Waals surface area contributed by atoms with Crippen molar-refractivity contribution < 1.29 is 9.90 Å². The summed E-state index contributed by atoms with van der Waals surface area (Å²) in [4.78, 5) is 17.7. The molecule has 1 aromatic heterocycles. The van der Waals surface area contributed by atoms with Crippen molar-refractivity contribution in [3.8, 4) is 6.07 Å². The Morgan fingerprint density at radius 2 is 2.00 bits per heavy atom. The number of halogens is 2. The van der Waals surface area contributed by atoms with Crippen molar-refractivity contribution in [3.63, 3.8) is 0 Å². The fourth-order valence-corrected chi connectivity index (χ4v) is 4.89. The Balaban J connectivity index is 1.64. The second kappa shape index (κ2) is 9.11. The van der Waals surface area contributed by atoms with Crippen molar-refractivity contribution in [2.24, 2.45) is 7.05 Å². The molecule has 0 bridgehead atoms. The summed E-state index contributed by atoms with van der Waals surface area (Å²) < 4.78 is 1.93. The minimum absolute atomic E-state index is 0.0261. The van der Waals surface area contributed by atoms with Crippen LogP contribution in [0.4, 0.5) is 0 Å². The lowest BCUT2D eigenvalue weighted by Crippen LogP contribution is -2.38. The molecule has 1 saturated carbocycles. The van der Waals surface area contributed by atoms with Gasteiger partial charge in [0.25, 0.3) is 5.91 Å². The lowest BCUT2D eigenvalue weighted by atomic mass is 9.93. The maximum absolute atomic E-state index is 12.9. The van der Waals surface area contributed by atoms with Gasteiger partial charge in [0.05, 0.1) is 39.4 Å². The molecule has 1 fully saturated rings. The molecule has 6 nitrogen and oxygen atoms in total. The van der Waals surface area contributed by atoms with E-state index >= 15 is 0 Å². The first-order valence-electron chi connectivity index (χ1n) is 10.6. The Hall–Kier alpha value is -2.59. The highest BCUT2D eigenvalue weighted by Gasteiger charge is 2.24. The van der Waals surface area contributed by atoms with Gasteiger partial charge in [-0.25, -0.2) is 4.98 Å². The van der Waals surface area contributed by atoms with Crippen molar-refractivity contribution in [1.29, 1.82) is 5.26 Å². The Morgan fingerprint density at radius 3 is 2.69 bits per heavy atom. The Bertz CT molecular complexity index is 1240. The first-order chi connectivity index (χ1) is 15.3. The Labute approximate surface area is 196 Å². The molecule has 1 heterocycles. The topological polar surface area (TPSA) is 90.9 Å². The molecular weight excluding hydrogens is 447 g/mol. The lowest BCUT2D eigenvalue weighted by molar-refractivity contribution is 0.0867. The molecule has 0 saturated heterocycles. The molecule has 32 heavy (non-hydrogen) atoms. The molecule has 3 aromatic rings. The van der Waals surface area contributed by atoms with E-state index in [1.54, 1.807) is 12.1 Å². The minimum atomic E-state index is -0.282. The molecule has 8 heteroatoms. The summed E-state index contributed by atoms with van der Waals surface area (Å²) in [5.74, 6) is 0.495. The second-order valence-electron chi connectivity index (χ2n) is 8.40. The van der Waals surface area contributed by atoms with Gasteiger partial charge in [0, 0.05) is 24.5 Å². The van der Waals surface area contributed by atoms with Crippen LogP contribution in [0.25, 0.3) is 11.0 Å². The zero-order valence-corrected chi connectivity index (χ0v) is 19.5. The van der Waals surface area contributed by atoms with Crippen molar-refractivity contribution in [1.82, 2.24) is 14.9 Å². The Morgan fingerprint density at radius 1 is 1.28 bits per heavy atom. The number of carbonyl (C=O) groups excluding carboxylic acids is 1. The summed E-state index contributed by atoms with van der Waals surface area (Å²) in [5, 5.41) is 22.8. The van der Waals surface area contributed by atoms with Gasteiger partial charge in [-0.2, -0.15) is 5.26 Å². The number of hydrogen-bond acceptors (Lipinski definition) is 4. The zero-order chi connectivity index (χ0) is 23.0. The molecule has 0 atom stereocenters. The maximum atomic E-state index is 12.9. The van der Waals surface area contributed by atoms with Crippen molar-refractivity contribution in [2.45, 2.75) is 51.2 Å². The van der Waals surface area contributed by atoms with Gasteiger partial charge >= 0.3 is 0 Å². The molecule has 0 radical (unpaired) electrons. The van der Waals surface area contributed by atoms with Crippen LogP contribution < -0.4 is 5.32 Å². The molecule has 0 aliphatic heterocycles. The predicted molar refractivity (Wildman–Crippen MR) is 125 cm³/mol. The first kappa shape index (κ1) is 22.6. The van der Waals surface area contributed by atoms with Crippen molar-refractivity contribution in [2.75, 3.05) is 0 Å². The highest BCUT2D eigenvalue weighted by Crippen LogP contribution is 2.32. The van der Waals surface area contributed by atoms with E-state index in [1.807, 2.05) is 30.7 Å². The van der Waals surface area contributed by atoms with Crippen LogP contribution in [0.1, 0.15) is 58.6 Å². The smallest absolute Gasteiger partial charge is 0.253 e. The largest absolute Gasteiger partial charge is 0.393 e. The molecular formula is C24H24Cl2N4O2. The normalized spacial score (nSPS) is 18.5. The van der Waals surface area contributed by atoms with E-state index in [9.17, 15) is 15.2 Å². The van der Waals surface area contributed by atoms with Crippen LogP contribution in [0.3, 0.4) is 0 Å². The number of hydrogen-bond donors (Lipinski definition) is 2. The van der Waals surface area contributed by atoms with Gasteiger partial charge in [0.1, 0.15) is 5.82 Å². The summed E-state index contributed by atoms with van der Waals surface area (Å²) in [6.45, 7) is 1.93. The number of nitriles is 1. The van der Waals surface area contributed by atoms with Crippen LogP contribution >= 0.6 is 23.2 Å². The van der Waals surface area contributed by atoms with E-state index in [4.69, 9.17) is 28.2 Å². The molecule has 4 rings (SSSR count). The SMILES string of the molecule is Cc1cc(C#N)cc2c1nc(Cc1c(Cl)ccc(C(=O)N[C@H]3CC[C@H](O)CC3)c1Cl)n2C. The van der Waals surface area contributed by atoms with Crippen molar-refractivity contribution in [3.05, 3.63) is 62.4 Å². The zero-order valence-electron chi connectivity index (χ0n) is 18.0. The fourth-order valence-electron chi connectivity index (χ4n) is 4.30. The maximum Gasteiger partial charge on any atom is 0.253 e. The van der Waals surface area contributed by atoms with Crippen LogP contribution in [-0.4, -0.2) is 32.7 Å². The number of aryl methyl sites for hydroxylation is 2. The van der Waals surface area contributed by atoms with Gasteiger partial charge in [0.15, 0.2) is 0 Å². The van der Waals surface area contributed by atoms with Gasteiger partial charge in [-0.3, -0.25) is 4.79 Å². The number of nitrogens with one attached hydrogen (secondary N) is 1. The summed E-state index contributed by atoms with van der Waals surface area (Å²) in [6.07, 6.45) is 2.93. The molecule has 2 aromatic carbocycles. The van der Waals surface area contributed by atoms with Crippen molar-refractivity contribution >= 4 is 40.1 Å². The molecule has 1 aliphatic carbocycles. The van der Waals surface area contributed by atoms with E-state index in [-0.39, 0.29) is 18.1 Å². The summed E-state index contributed by atoms with van der Waals surface area (Å²) >= 11 is 13.1. The summed E-state index contributed by atoms with van der Waals surface area (Å²) in [7, 11) is 1.89. The predicted octanol–water partition coefficient (Wildman–Crippen LogP) is 4.68. The fraction of sp³-hybridized carbons (Fsp3) is 0.375.